The van der Waals surface area contributed by atoms with Crippen LogP contribution in [-0.4, -0.2) is 18.9 Å². The predicted octanol–water partition coefficient (Wildman–Crippen LogP) is 0.968. The van der Waals surface area contributed by atoms with Gasteiger partial charge < -0.3 is 5.32 Å². The molecule has 1 rings (SSSR count). The second kappa shape index (κ2) is 4.95. The first-order valence-corrected chi connectivity index (χ1v) is 4.53. The molecular formula is C10H15NO. The maximum absolute atomic E-state index is 10.8. The molecule has 1 atom stereocenters. The van der Waals surface area contributed by atoms with E-state index in [1.807, 2.05) is 0 Å². The third kappa shape index (κ3) is 3.06. The zero-order chi connectivity index (χ0) is 8.81. The number of hydrogen-bond donors (Lipinski definition) is 1. The Morgan fingerprint density at radius 1 is 1.67 bits per heavy atom. The molecule has 0 radical (unpaired) electrons. The topological polar surface area (TPSA) is 29.1 Å². The van der Waals surface area contributed by atoms with Crippen molar-refractivity contribution in [3.63, 3.8) is 0 Å². The van der Waals surface area contributed by atoms with Crippen LogP contribution >= 0.6 is 0 Å². The zero-order valence-corrected chi connectivity index (χ0v) is 7.31. The molecule has 0 aromatic carbocycles. The summed E-state index contributed by atoms with van der Waals surface area (Å²) in [5.41, 5.74) is 0. The van der Waals surface area contributed by atoms with Crippen LogP contribution in [0.3, 0.4) is 0 Å². The first-order valence-electron chi connectivity index (χ1n) is 4.53. The highest BCUT2D eigenvalue weighted by atomic mass is 16.1. The van der Waals surface area contributed by atoms with Crippen molar-refractivity contribution in [3.05, 3.63) is 0 Å². The van der Waals surface area contributed by atoms with Crippen LogP contribution in [0.5, 0.6) is 0 Å². The highest BCUT2D eigenvalue weighted by molar-refractivity contribution is 5.94. The number of hydrogen-bond acceptors (Lipinski definition) is 2. The fraction of sp³-hybridized carbons (Fsp3) is 0.700. The SMILES string of the molecule is C#CC(=O)CCC1CCCNC1. The normalized spacial score (nSPS) is 23.1. The number of terminal acetylenes is 1. The summed E-state index contributed by atoms with van der Waals surface area (Å²) in [4.78, 5) is 10.8. The molecule has 1 aliphatic heterocycles. The lowest BCUT2D eigenvalue weighted by atomic mass is 9.94. The van der Waals surface area contributed by atoms with Crippen LogP contribution < -0.4 is 5.32 Å². The van der Waals surface area contributed by atoms with Crippen molar-refractivity contribution in [2.75, 3.05) is 13.1 Å². The van der Waals surface area contributed by atoms with Gasteiger partial charge in [-0.1, -0.05) is 0 Å². The van der Waals surface area contributed by atoms with Crippen LogP contribution in [0.4, 0.5) is 0 Å². The van der Waals surface area contributed by atoms with Crippen LogP contribution in [0.2, 0.25) is 0 Å². The molecule has 0 aliphatic carbocycles. The van der Waals surface area contributed by atoms with Crippen LogP contribution in [0.25, 0.3) is 0 Å². The lowest BCUT2D eigenvalue weighted by Gasteiger charge is -2.21. The average molecular weight is 165 g/mol. The number of Topliss-reactive ketones (excluding diaryl/α,β-unsaturated/α-hetero) is 1. The molecule has 1 heterocycles. The molecule has 1 saturated heterocycles. The Bertz CT molecular complexity index is 187. The Labute approximate surface area is 73.7 Å². The van der Waals surface area contributed by atoms with Crippen LogP contribution in [-0.2, 0) is 4.79 Å². The molecule has 0 aromatic rings. The summed E-state index contributed by atoms with van der Waals surface area (Å²) in [5.74, 6) is 2.75. The number of nitrogens with one attached hydrogen (secondary N) is 1. The molecule has 2 heteroatoms. The smallest absolute Gasteiger partial charge is 0.205 e. The summed E-state index contributed by atoms with van der Waals surface area (Å²) in [5, 5.41) is 3.31. The first-order chi connectivity index (χ1) is 5.83. The number of carbonyl (C=O) groups is 1. The quantitative estimate of drug-likeness (QED) is 0.498. The van der Waals surface area contributed by atoms with E-state index in [4.69, 9.17) is 6.42 Å². The van der Waals surface area contributed by atoms with Crippen molar-refractivity contribution in [2.45, 2.75) is 25.7 Å². The van der Waals surface area contributed by atoms with Gasteiger partial charge in [-0.2, -0.15) is 0 Å². The molecule has 0 bridgehead atoms. The third-order valence-electron chi connectivity index (χ3n) is 2.34. The molecule has 1 N–H and O–H groups in total. The first kappa shape index (κ1) is 9.28. The van der Waals surface area contributed by atoms with Gasteiger partial charge in [0.15, 0.2) is 0 Å². The monoisotopic (exact) mass is 165 g/mol. The molecule has 1 unspecified atom stereocenters. The van der Waals surface area contributed by atoms with Gasteiger partial charge in [-0.25, -0.2) is 0 Å². The summed E-state index contributed by atoms with van der Waals surface area (Å²) in [7, 11) is 0. The van der Waals surface area contributed by atoms with E-state index in [9.17, 15) is 4.79 Å². The lowest BCUT2D eigenvalue weighted by molar-refractivity contribution is -0.114. The predicted molar refractivity (Wildman–Crippen MR) is 48.7 cm³/mol. The van der Waals surface area contributed by atoms with Crippen LogP contribution in [0, 0.1) is 18.3 Å². The summed E-state index contributed by atoms with van der Waals surface area (Å²) in [6.07, 6.45) is 8.96. The van der Waals surface area contributed by atoms with Crippen molar-refractivity contribution in [1.29, 1.82) is 0 Å². The van der Waals surface area contributed by atoms with Crippen LogP contribution in [0.1, 0.15) is 25.7 Å². The van der Waals surface area contributed by atoms with E-state index >= 15 is 0 Å². The fourth-order valence-corrected chi connectivity index (χ4v) is 1.58. The fourth-order valence-electron chi connectivity index (χ4n) is 1.58. The van der Waals surface area contributed by atoms with Gasteiger partial charge in [-0.3, -0.25) is 4.79 Å². The van der Waals surface area contributed by atoms with E-state index in [1.165, 1.54) is 12.8 Å². The van der Waals surface area contributed by atoms with Crippen molar-refractivity contribution in [3.8, 4) is 12.3 Å². The molecule has 1 fully saturated rings. The summed E-state index contributed by atoms with van der Waals surface area (Å²) >= 11 is 0. The highest BCUT2D eigenvalue weighted by Gasteiger charge is 2.13. The molecule has 66 valence electrons. The molecule has 0 aromatic heterocycles. The van der Waals surface area contributed by atoms with Gasteiger partial charge in [0.05, 0.1) is 0 Å². The van der Waals surface area contributed by atoms with Crippen LogP contribution in [0.15, 0.2) is 0 Å². The lowest BCUT2D eigenvalue weighted by Crippen LogP contribution is -2.29. The summed E-state index contributed by atoms with van der Waals surface area (Å²) in [6.45, 7) is 2.18. The van der Waals surface area contributed by atoms with E-state index in [-0.39, 0.29) is 5.78 Å². The van der Waals surface area contributed by atoms with E-state index in [0.29, 0.717) is 12.3 Å². The van der Waals surface area contributed by atoms with Crippen molar-refractivity contribution in [1.82, 2.24) is 5.32 Å². The minimum Gasteiger partial charge on any atom is -0.316 e. The molecule has 12 heavy (non-hydrogen) atoms. The van der Waals surface area contributed by atoms with E-state index in [1.54, 1.807) is 0 Å². The molecule has 0 amide bonds. The summed E-state index contributed by atoms with van der Waals surface area (Å²) < 4.78 is 0. The number of carbonyl (C=O) groups excluding carboxylic acids is 1. The second-order valence-electron chi connectivity index (χ2n) is 3.32. The second-order valence-corrected chi connectivity index (χ2v) is 3.32. The van der Waals surface area contributed by atoms with Gasteiger partial charge >= 0.3 is 0 Å². The third-order valence-corrected chi connectivity index (χ3v) is 2.34. The largest absolute Gasteiger partial charge is 0.316 e. The zero-order valence-electron chi connectivity index (χ0n) is 7.31. The highest BCUT2D eigenvalue weighted by Crippen LogP contribution is 2.15. The minimum atomic E-state index is -0.0550. The van der Waals surface area contributed by atoms with E-state index < -0.39 is 0 Å². The van der Waals surface area contributed by atoms with Gasteiger partial charge in [0, 0.05) is 6.42 Å². The van der Waals surface area contributed by atoms with Crippen molar-refractivity contribution in [2.24, 2.45) is 5.92 Å². The molecule has 1 aliphatic rings. The Balaban J connectivity index is 2.14. The van der Waals surface area contributed by atoms with E-state index in [0.717, 1.165) is 19.5 Å². The maximum atomic E-state index is 10.8. The van der Waals surface area contributed by atoms with Gasteiger partial charge in [0.2, 0.25) is 5.78 Å². The van der Waals surface area contributed by atoms with Gasteiger partial charge in [-0.05, 0) is 44.2 Å². The Morgan fingerprint density at radius 2 is 2.50 bits per heavy atom. The number of piperidine rings is 1. The standard InChI is InChI=1S/C10H15NO/c1-2-10(12)6-5-9-4-3-7-11-8-9/h1,9,11H,3-8H2. The van der Waals surface area contributed by atoms with Gasteiger partial charge in [0.25, 0.3) is 0 Å². The molecule has 0 saturated carbocycles. The Morgan fingerprint density at radius 3 is 3.08 bits per heavy atom. The van der Waals surface area contributed by atoms with Crippen molar-refractivity contribution >= 4 is 5.78 Å². The van der Waals surface area contributed by atoms with Gasteiger partial charge in [0.1, 0.15) is 0 Å². The van der Waals surface area contributed by atoms with Crippen molar-refractivity contribution < 1.29 is 4.79 Å². The van der Waals surface area contributed by atoms with E-state index in [2.05, 4.69) is 11.2 Å². The average Bonchev–Trinajstić information content (AvgIpc) is 2.16. The Hall–Kier alpha value is -0.810. The molecular weight excluding hydrogens is 150 g/mol. The number of ketones is 1. The minimum absolute atomic E-state index is 0.0550. The number of rotatable bonds is 3. The maximum Gasteiger partial charge on any atom is 0.205 e. The Kier molecular flexibility index (Phi) is 3.83. The molecule has 2 nitrogen and oxygen atoms in total. The molecule has 0 spiro atoms. The van der Waals surface area contributed by atoms with Gasteiger partial charge in [-0.15, -0.1) is 6.42 Å². The summed E-state index contributed by atoms with van der Waals surface area (Å²) in [6, 6.07) is 0.